The van der Waals surface area contributed by atoms with Gasteiger partial charge in [0, 0.05) is 6.42 Å². The van der Waals surface area contributed by atoms with Crippen LogP contribution < -0.4 is 5.73 Å². The first kappa shape index (κ1) is 8.30. The lowest BCUT2D eigenvalue weighted by Crippen LogP contribution is -2.13. The van der Waals surface area contributed by atoms with Crippen molar-refractivity contribution in [1.82, 2.24) is 0 Å². The monoisotopic (exact) mass is 174 g/mol. The topological polar surface area (TPSA) is 49.9 Å². The van der Waals surface area contributed by atoms with E-state index in [0.717, 1.165) is 19.3 Å². The molecule has 0 aliphatic heterocycles. The van der Waals surface area contributed by atoms with Crippen molar-refractivity contribution in [2.75, 3.05) is 0 Å². The Morgan fingerprint density at radius 3 is 3.00 bits per heavy atom. The summed E-state index contributed by atoms with van der Waals surface area (Å²) in [5.41, 5.74) is 8.25. The number of amidine groups is 1. The molecule has 13 heavy (non-hydrogen) atoms. The van der Waals surface area contributed by atoms with Crippen LogP contribution in [0.5, 0.6) is 0 Å². The zero-order valence-corrected chi connectivity index (χ0v) is 7.59. The SMILES string of the molecule is N=C(N)CC1CCc2ccccc21. The zero-order chi connectivity index (χ0) is 9.26. The third kappa shape index (κ3) is 1.57. The van der Waals surface area contributed by atoms with Crippen molar-refractivity contribution in [3.63, 3.8) is 0 Å². The number of fused-ring (bicyclic) bond motifs is 1. The fourth-order valence-corrected chi connectivity index (χ4v) is 2.12. The third-order valence-electron chi connectivity index (χ3n) is 2.72. The fraction of sp³-hybridized carbons (Fsp3) is 0.364. The van der Waals surface area contributed by atoms with E-state index in [1.165, 1.54) is 11.1 Å². The standard InChI is InChI=1S/C11H14N2/c12-11(13)7-9-6-5-8-3-1-2-4-10(8)9/h1-4,9H,5-7H2,(H3,12,13). The van der Waals surface area contributed by atoms with E-state index in [4.69, 9.17) is 11.1 Å². The Kier molecular flexibility index (Phi) is 2.05. The predicted octanol–water partition coefficient (Wildman–Crippen LogP) is 2.04. The Morgan fingerprint density at radius 1 is 1.46 bits per heavy atom. The lowest BCUT2D eigenvalue weighted by molar-refractivity contribution is 0.701. The van der Waals surface area contributed by atoms with E-state index < -0.39 is 0 Å². The summed E-state index contributed by atoms with van der Waals surface area (Å²) < 4.78 is 0. The van der Waals surface area contributed by atoms with Crippen LogP contribution in [0, 0.1) is 5.41 Å². The average Bonchev–Trinajstić information content (AvgIpc) is 2.48. The normalized spacial score (nSPS) is 19.8. The molecular weight excluding hydrogens is 160 g/mol. The molecule has 0 heterocycles. The summed E-state index contributed by atoms with van der Waals surface area (Å²) in [5.74, 6) is 0.801. The van der Waals surface area contributed by atoms with Gasteiger partial charge in [-0.05, 0) is 29.9 Å². The minimum Gasteiger partial charge on any atom is -0.388 e. The molecule has 1 atom stereocenters. The van der Waals surface area contributed by atoms with E-state index in [1.54, 1.807) is 0 Å². The van der Waals surface area contributed by atoms with Gasteiger partial charge < -0.3 is 5.73 Å². The van der Waals surface area contributed by atoms with Gasteiger partial charge in [-0.2, -0.15) is 0 Å². The van der Waals surface area contributed by atoms with E-state index in [-0.39, 0.29) is 0 Å². The van der Waals surface area contributed by atoms with Crippen molar-refractivity contribution in [2.24, 2.45) is 5.73 Å². The third-order valence-corrected chi connectivity index (χ3v) is 2.72. The highest BCUT2D eigenvalue weighted by Gasteiger charge is 2.21. The van der Waals surface area contributed by atoms with Crippen molar-refractivity contribution < 1.29 is 0 Å². The van der Waals surface area contributed by atoms with Crippen LogP contribution in [0.3, 0.4) is 0 Å². The highest BCUT2D eigenvalue weighted by atomic mass is 14.7. The summed E-state index contributed by atoms with van der Waals surface area (Å²) in [7, 11) is 0. The van der Waals surface area contributed by atoms with E-state index in [1.807, 2.05) is 0 Å². The Hall–Kier alpha value is -1.31. The number of aryl methyl sites for hydroxylation is 1. The average molecular weight is 174 g/mol. The van der Waals surface area contributed by atoms with E-state index >= 15 is 0 Å². The molecule has 2 rings (SSSR count). The first-order valence-corrected chi connectivity index (χ1v) is 4.68. The summed E-state index contributed by atoms with van der Waals surface area (Å²) in [6.45, 7) is 0. The largest absolute Gasteiger partial charge is 0.388 e. The van der Waals surface area contributed by atoms with E-state index in [2.05, 4.69) is 24.3 Å². The Balaban J connectivity index is 2.23. The van der Waals surface area contributed by atoms with Gasteiger partial charge in [0.05, 0.1) is 5.84 Å². The molecule has 1 unspecified atom stereocenters. The number of nitrogens with two attached hydrogens (primary N) is 1. The second-order valence-corrected chi connectivity index (χ2v) is 3.66. The van der Waals surface area contributed by atoms with Crippen LogP contribution in [0.4, 0.5) is 0 Å². The Labute approximate surface area is 78.3 Å². The lowest BCUT2D eigenvalue weighted by atomic mass is 9.97. The van der Waals surface area contributed by atoms with Gasteiger partial charge in [0.2, 0.25) is 0 Å². The van der Waals surface area contributed by atoms with Gasteiger partial charge in [-0.15, -0.1) is 0 Å². The van der Waals surface area contributed by atoms with Gasteiger partial charge in [0.25, 0.3) is 0 Å². The molecule has 0 amide bonds. The van der Waals surface area contributed by atoms with Crippen molar-refractivity contribution in [3.05, 3.63) is 35.4 Å². The van der Waals surface area contributed by atoms with Gasteiger partial charge in [-0.3, -0.25) is 5.41 Å². The maximum atomic E-state index is 7.28. The molecule has 3 N–H and O–H groups in total. The molecular formula is C11H14N2. The van der Waals surface area contributed by atoms with Crippen LogP contribution in [0.15, 0.2) is 24.3 Å². The Bertz CT molecular complexity index is 331. The second kappa shape index (κ2) is 3.21. The van der Waals surface area contributed by atoms with Gasteiger partial charge in [-0.25, -0.2) is 0 Å². The number of nitrogens with one attached hydrogen (secondary N) is 1. The minimum atomic E-state index is 0.307. The molecule has 0 fully saturated rings. The molecule has 0 saturated heterocycles. The molecule has 1 aromatic carbocycles. The maximum Gasteiger partial charge on any atom is 0.0911 e. The highest BCUT2D eigenvalue weighted by molar-refractivity contribution is 5.78. The predicted molar refractivity (Wildman–Crippen MR) is 54.0 cm³/mol. The molecule has 0 saturated carbocycles. The summed E-state index contributed by atoms with van der Waals surface area (Å²) >= 11 is 0. The van der Waals surface area contributed by atoms with Crippen LogP contribution in [0.2, 0.25) is 0 Å². The van der Waals surface area contributed by atoms with Crippen molar-refractivity contribution >= 4 is 5.84 Å². The summed E-state index contributed by atoms with van der Waals surface area (Å²) in [6.07, 6.45) is 3.02. The van der Waals surface area contributed by atoms with Gasteiger partial charge in [0.15, 0.2) is 0 Å². The van der Waals surface area contributed by atoms with Crippen LogP contribution in [-0.2, 0) is 6.42 Å². The summed E-state index contributed by atoms with van der Waals surface area (Å²) in [4.78, 5) is 0. The van der Waals surface area contributed by atoms with Gasteiger partial charge in [-0.1, -0.05) is 24.3 Å². The first-order valence-electron chi connectivity index (χ1n) is 4.68. The number of hydrogen-bond acceptors (Lipinski definition) is 1. The molecule has 0 aromatic heterocycles. The van der Waals surface area contributed by atoms with E-state index in [9.17, 15) is 0 Å². The van der Waals surface area contributed by atoms with Gasteiger partial charge in [0.1, 0.15) is 0 Å². The summed E-state index contributed by atoms with van der Waals surface area (Å²) in [6, 6.07) is 8.48. The minimum absolute atomic E-state index is 0.307. The molecule has 1 aliphatic rings. The fourth-order valence-electron chi connectivity index (χ4n) is 2.12. The zero-order valence-electron chi connectivity index (χ0n) is 7.59. The number of hydrogen-bond donors (Lipinski definition) is 2. The molecule has 1 aromatic rings. The number of rotatable bonds is 2. The van der Waals surface area contributed by atoms with Crippen LogP contribution in [0.25, 0.3) is 0 Å². The molecule has 0 radical (unpaired) electrons. The van der Waals surface area contributed by atoms with Crippen molar-refractivity contribution in [1.29, 1.82) is 5.41 Å². The summed E-state index contributed by atoms with van der Waals surface area (Å²) in [5, 5.41) is 7.28. The second-order valence-electron chi connectivity index (χ2n) is 3.66. The quantitative estimate of drug-likeness (QED) is 0.523. The number of benzene rings is 1. The smallest absolute Gasteiger partial charge is 0.0911 e. The maximum absolute atomic E-state index is 7.28. The lowest BCUT2D eigenvalue weighted by Gasteiger charge is -2.09. The van der Waals surface area contributed by atoms with Crippen LogP contribution >= 0.6 is 0 Å². The Morgan fingerprint density at radius 2 is 2.23 bits per heavy atom. The molecule has 2 nitrogen and oxygen atoms in total. The molecule has 1 aliphatic carbocycles. The molecule has 68 valence electrons. The van der Waals surface area contributed by atoms with Gasteiger partial charge >= 0.3 is 0 Å². The van der Waals surface area contributed by atoms with Crippen LogP contribution in [0.1, 0.15) is 29.9 Å². The molecule has 2 heteroatoms. The molecule has 0 bridgehead atoms. The van der Waals surface area contributed by atoms with E-state index in [0.29, 0.717) is 11.8 Å². The highest BCUT2D eigenvalue weighted by Crippen LogP contribution is 2.34. The molecule has 0 spiro atoms. The van der Waals surface area contributed by atoms with Crippen molar-refractivity contribution in [3.8, 4) is 0 Å². The van der Waals surface area contributed by atoms with Crippen LogP contribution in [-0.4, -0.2) is 5.84 Å². The van der Waals surface area contributed by atoms with Crippen molar-refractivity contribution in [2.45, 2.75) is 25.2 Å². The first-order chi connectivity index (χ1) is 6.27.